The highest BCUT2D eigenvalue weighted by atomic mass is 16.5. The van der Waals surface area contributed by atoms with Crippen molar-refractivity contribution in [3.63, 3.8) is 0 Å². The van der Waals surface area contributed by atoms with Crippen molar-refractivity contribution >= 4 is 5.91 Å². The molecule has 0 radical (unpaired) electrons. The van der Waals surface area contributed by atoms with Crippen LogP contribution < -0.4 is 14.8 Å². The summed E-state index contributed by atoms with van der Waals surface area (Å²) in [5.74, 6) is 2.19. The van der Waals surface area contributed by atoms with Gasteiger partial charge in [-0.05, 0) is 62.4 Å². The third-order valence-corrected chi connectivity index (χ3v) is 5.80. The van der Waals surface area contributed by atoms with Crippen LogP contribution in [0.3, 0.4) is 0 Å². The molecule has 0 spiro atoms. The summed E-state index contributed by atoms with van der Waals surface area (Å²) in [7, 11) is 0. The lowest BCUT2D eigenvalue weighted by Crippen LogP contribution is -2.44. The van der Waals surface area contributed by atoms with Crippen LogP contribution in [0.15, 0.2) is 18.2 Å². The van der Waals surface area contributed by atoms with E-state index in [4.69, 9.17) is 9.47 Å². The zero-order valence-corrected chi connectivity index (χ0v) is 17.3. The molecule has 1 fully saturated rings. The number of benzene rings is 1. The summed E-state index contributed by atoms with van der Waals surface area (Å²) in [6.45, 7) is 9.53. The van der Waals surface area contributed by atoms with Crippen LogP contribution in [0.1, 0.15) is 51.6 Å². The van der Waals surface area contributed by atoms with Crippen LogP contribution in [0.2, 0.25) is 0 Å². The molecule has 156 valence electrons. The molecule has 2 heterocycles. The number of piperidine rings is 1. The Hall–Kier alpha value is -1.79. The fraction of sp³-hybridized carbons (Fsp3) is 0.682. The number of aliphatic hydroxyl groups excluding tert-OH is 1. The van der Waals surface area contributed by atoms with Crippen LogP contribution in [0.4, 0.5) is 0 Å². The van der Waals surface area contributed by atoms with Gasteiger partial charge in [0.15, 0.2) is 11.5 Å². The number of rotatable bonds is 6. The molecule has 0 aromatic heterocycles. The van der Waals surface area contributed by atoms with Crippen LogP contribution in [0.25, 0.3) is 0 Å². The van der Waals surface area contributed by atoms with Gasteiger partial charge in [0.25, 0.3) is 0 Å². The molecule has 1 saturated heterocycles. The van der Waals surface area contributed by atoms with Gasteiger partial charge in [0.05, 0.1) is 31.9 Å². The maximum Gasteiger partial charge on any atom is 0.234 e. The fourth-order valence-corrected chi connectivity index (χ4v) is 4.02. The monoisotopic (exact) mass is 390 g/mol. The Bertz CT molecular complexity index is 654. The maximum absolute atomic E-state index is 12.7. The second-order valence-corrected chi connectivity index (χ2v) is 8.40. The van der Waals surface area contributed by atoms with E-state index in [1.165, 1.54) is 0 Å². The van der Waals surface area contributed by atoms with E-state index in [1.54, 1.807) is 0 Å². The third kappa shape index (κ3) is 5.39. The van der Waals surface area contributed by atoms with Gasteiger partial charge in [-0.2, -0.15) is 0 Å². The van der Waals surface area contributed by atoms with E-state index in [2.05, 4.69) is 24.1 Å². The Balaban J connectivity index is 1.60. The topological polar surface area (TPSA) is 71.0 Å². The minimum atomic E-state index is -0.263. The summed E-state index contributed by atoms with van der Waals surface area (Å²) in [5, 5.41) is 12.9. The van der Waals surface area contributed by atoms with Crippen molar-refractivity contribution in [2.45, 2.75) is 52.2 Å². The molecule has 28 heavy (non-hydrogen) atoms. The van der Waals surface area contributed by atoms with E-state index in [0.29, 0.717) is 25.7 Å². The van der Waals surface area contributed by atoms with Gasteiger partial charge >= 0.3 is 0 Å². The Morgan fingerprint density at radius 3 is 2.50 bits per heavy atom. The lowest BCUT2D eigenvalue weighted by molar-refractivity contribution is -0.123. The Morgan fingerprint density at radius 2 is 1.86 bits per heavy atom. The summed E-state index contributed by atoms with van der Waals surface area (Å²) in [6.07, 6.45) is 2.50. The zero-order valence-electron chi connectivity index (χ0n) is 17.3. The summed E-state index contributed by atoms with van der Waals surface area (Å²) < 4.78 is 11.5. The molecular weight excluding hydrogens is 356 g/mol. The molecule has 2 N–H and O–H groups in total. The maximum atomic E-state index is 12.7. The van der Waals surface area contributed by atoms with Crippen LogP contribution in [0.5, 0.6) is 11.5 Å². The molecule has 0 saturated carbocycles. The summed E-state index contributed by atoms with van der Waals surface area (Å²) in [4.78, 5) is 14.9. The van der Waals surface area contributed by atoms with Crippen molar-refractivity contribution in [3.05, 3.63) is 23.8 Å². The highest BCUT2D eigenvalue weighted by Crippen LogP contribution is 2.34. The number of hydrogen-bond donors (Lipinski definition) is 2. The smallest absolute Gasteiger partial charge is 0.234 e. The van der Waals surface area contributed by atoms with Crippen molar-refractivity contribution in [2.24, 2.45) is 11.8 Å². The third-order valence-electron chi connectivity index (χ3n) is 5.80. The second kappa shape index (κ2) is 9.61. The number of nitrogens with zero attached hydrogens (tertiary/aromatic N) is 1. The van der Waals surface area contributed by atoms with Crippen LogP contribution in [-0.4, -0.2) is 54.9 Å². The number of carbonyl (C=O) groups is 1. The number of fused-ring (bicyclic) bond motifs is 1. The molecule has 1 aromatic carbocycles. The SMILES string of the molecule is CC(C)C(NC(=O)CN1CCC(C(C)O)CC1)c1ccc2c(c1)OCCCO2. The lowest BCUT2D eigenvalue weighted by atomic mass is 9.92. The van der Waals surface area contributed by atoms with Crippen LogP contribution in [-0.2, 0) is 4.79 Å². The van der Waals surface area contributed by atoms with Crippen LogP contribution in [0, 0.1) is 11.8 Å². The first-order chi connectivity index (χ1) is 13.4. The van der Waals surface area contributed by atoms with E-state index in [0.717, 1.165) is 49.4 Å². The minimum absolute atomic E-state index is 0.0429. The van der Waals surface area contributed by atoms with Crippen molar-refractivity contribution in [1.82, 2.24) is 10.2 Å². The van der Waals surface area contributed by atoms with Crippen molar-refractivity contribution in [2.75, 3.05) is 32.8 Å². The molecule has 6 nitrogen and oxygen atoms in total. The molecule has 3 rings (SSSR count). The number of carbonyl (C=O) groups excluding carboxylic acids is 1. The summed E-state index contributed by atoms with van der Waals surface area (Å²) in [5.41, 5.74) is 1.04. The molecule has 2 aliphatic rings. The van der Waals surface area contributed by atoms with E-state index in [1.807, 2.05) is 25.1 Å². The number of ether oxygens (including phenoxy) is 2. The average Bonchev–Trinajstić information content (AvgIpc) is 2.91. The molecule has 1 aromatic rings. The zero-order chi connectivity index (χ0) is 20.1. The van der Waals surface area contributed by atoms with E-state index >= 15 is 0 Å². The quantitative estimate of drug-likeness (QED) is 0.782. The number of aliphatic hydroxyl groups is 1. The fourth-order valence-electron chi connectivity index (χ4n) is 4.02. The molecule has 0 aliphatic carbocycles. The average molecular weight is 391 g/mol. The second-order valence-electron chi connectivity index (χ2n) is 8.40. The highest BCUT2D eigenvalue weighted by molar-refractivity contribution is 5.78. The number of nitrogens with one attached hydrogen (secondary N) is 1. The van der Waals surface area contributed by atoms with Crippen molar-refractivity contribution in [1.29, 1.82) is 0 Å². The predicted octanol–water partition coefficient (Wildman–Crippen LogP) is 2.75. The first kappa shape index (κ1) is 20.9. The summed E-state index contributed by atoms with van der Waals surface area (Å²) >= 11 is 0. The van der Waals surface area contributed by atoms with Gasteiger partial charge < -0.3 is 19.9 Å². The van der Waals surface area contributed by atoms with Gasteiger partial charge in [-0.3, -0.25) is 9.69 Å². The molecule has 2 atom stereocenters. The van der Waals surface area contributed by atoms with E-state index < -0.39 is 0 Å². The standard InChI is InChI=1S/C22H34N2O4/c1-15(2)22(18-5-6-19-20(13-18)28-12-4-11-27-19)23-21(26)14-24-9-7-17(8-10-24)16(3)25/h5-6,13,15-17,22,25H,4,7-12,14H2,1-3H3,(H,23,26). The normalized spacial score (nSPS) is 20.5. The molecular formula is C22H34N2O4. The molecule has 1 amide bonds. The van der Waals surface area contributed by atoms with Gasteiger partial charge in [0, 0.05) is 6.42 Å². The summed E-state index contributed by atoms with van der Waals surface area (Å²) in [6, 6.07) is 5.89. The predicted molar refractivity (Wildman–Crippen MR) is 109 cm³/mol. The first-order valence-corrected chi connectivity index (χ1v) is 10.5. The minimum Gasteiger partial charge on any atom is -0.490 e. The number of likely N-dealkylation sites (tertiary alicyclic amines) is 1. The van der Waals surface area contributed by atoms with Gasteiger partial charge in [-0.25, -0.2) is 0 Å². The molecule has 2 aliphatic heterocycles. The molecule has 2 unspecified atom stereocenters. The van der Waals surface area contributed by atoms with Crippen molar-refractivity contribution in [3.8, 4) is 11.5 Å². The molecule has 0 bridgehead atoms. The lowest BCUT2D eigenvalue weighted by Gasteiger charge is -2.33. The van der Waals surface area contributed by atoms with Crippen LogP contribution >= 0.6 is 0 Å². The van der Waals surface area contributed by atoms with Gasteiger partial charge in [-0.1, -0.05) is 19.9 Å². The van der Waals surface area contributed by atoms with Gasteiger partial charge in [0.1, 0.15) is 0 Å². The first-order valence-electron chi connectivity index (χ1n) is 10.5. The Labute approximate surface area is 168 Å². The molecule has 6 heteroatoms. The highest BCUT2D eigenvalue weighted by Gasteiger charge is 2.26. The Morgan fingerprint density at radius 1 is 1.18 bits per heavy atom. The number of amides is 1. The van der Waals surface area contributed by atoms with Gasteiger partial charge in [0.2, 0.25) is 5.91 Å². The number of hydrogen-bond acceptors (Lipinski definition) is 5. The Kier molecular flexibility index (Phi) is 7.18. The van der Waals surface area contributed by atoms with E-state index in [9.17, 15) is 9.90 Å². The largest absolute Gasteiger partial charge is 0.490 e. The van der Waals surface area contributed by atoms with E-state index in [-0.39, 0.29) is 24.0 Å². The van der Waals surface area contributed by atoms with Gasteiger partial charge in [-0.15, -0.1) is 0 Å². The van der Waals surface area contributed by atoms with Crippen molar-refractivity contribution < 1.29 is 19.4 Å².